The lowest BCUT2D eigenvalue weighted by atomic mass is 10.1. The second-order valence-corrected chi connectivity index (χ2v) is 5.06. The fourth-order valence-electron chi connectivity index (χ4n) is 2.31. The molecule has 1 amide bonds. The molecular formula is C14H17NO3. The number of benzene rings is 1. The molecule has 0 aromatic heterocycles. The first-order chi connectivity index (χ1) is 8.66. The Morgan fingerprint density at radius 1 is 1.33 bits per heavy atom. The summed E-state index contributed by atoms with van der Waals surface area (Å²) < 4.78 is 10.5. The summed E-state index contributed by atoms with van der Waals surface area (Å²) in [6.07, 6.45) is 2.47. The molecule has 0 saturated heterocycles. The Morgan fingerprint density at radius 2 is 2.06 bits per heavy atom. The van der Waals surface area contributed by atoms with E-state index in [1.165, 1.54) is 12.8 Å². The maximum Gasteiger partial charge on any atom is 0.253 e. The van der Waals surface area contributed by atoms with Crippen molar-refractivity contribution in [3.63, 3.8) is 0 Å². The molecule has 96 valence electrons. The smallest absolute Gasteiger partial charge is 0.253 e. The number of amides is 1. The maximum atomic E-state index is 12.3. The lowest BCUT2D eigenvalue weighted by Crippen LogP contribution is -2.36. The minimum atomic E-state index is 0.0488. The topological polar surface area (TPSA) is 38.8 Å². The van der Waals surface area contributed by atoms with E-state index in [-0.39, 0.29) is 12.7 Å². The van der Waals surface area contributed by atoms with E-state index in [2.05, 4.69) is 6.92 Å². The third-order valence-corrected chi connectivity index (χ3v) is 3.86. The van der Waals surface area contributed by atoms with Gasteiger partial charge in [-0.15, -0.1) is 0 Å². The average molecular weight is 247 g/mol. The SMILES string of the molecule is CC(C1CC1)N(C)C(=O)c1ccc2c(c1)OCO2. The van der Waals surface area contributed by atoms with E-state index < -0.39 is 0 Å². The van der Waals surface area contributed by atoms with Gasteiger partial charge in [-0.1, -0.05) is 0 Å². The molecule has 1 unspecified atom stereocenters. The fraction of sp³-hybridized carbons (Fsp3) is 0.500. The Kier molecular flexibility index (Phi) is 2.65. The average Bonchev–Trinajstić information content (AvgIpc) is 3.13. The van der Waals surface area contributed by atoms with Crippen LogP contribution in [-0.4, -0.2) is 30.7 Å². The molecule has 1 atom stereocenters. The van der Waals surface area contributed by atoms with Crippen molar-refractivity contribution in [2.75, 3.05) is 13.8 Å². The monoisotopic (exact) mass is 247 g/mol. The van der Waals surface area contributed by atoms with Gasteiger partial charge in [-0.25, -0.2) is 0 Å². The zero-order valence-electron chi connectivity index (χ0n) is 10.7. The third-order valence-electron chi connectivity index (χ3n) is 3.86. The van der Waals surface area contributed by atoms with Gasteiger partial charge in [0.2, 0.25) is 6.79 Å². The summed E-state index contributed by atoms with van der Waals surface area (Å²) in [5.41, 5.74) is 0.661. The Hall–Kier alpha value is -1.71. The van der Waals surface area contributed by atoms with Gasteiger partial charge in [-0.2, -0.15) is 0 Å². The molecule has 2 aliphatic rings. The number of ether oxygens (including phenoxy) is 2. The number of hydrogen-bond acceptors (Lipinski definition) is 3. The highest BCUT2D eigenvalue weighted by Crippen LogP contribution is 2.36. The van der Waals surface area contributed by atoms with Crippen molar-refractivity contribution in [1.29, 1.82) is 0 Å². The number of rotatable bonds is 3. The molecule has 4 nitrogen and oxygen atoms in total. The standard InChI is InChI=1S/C14H17NO3/c1-9(10-3-4-10)15(2)14(16)11-5-6-12-13(7-11)18-8-17-12/h5-7,9-10H,3-4,8H2,1-2H3. The van der Waals surface area contributed by atoms with E-state index >= 15 is 0 Å². The van der Waals surface area contributed by atoms with E-state index in [9.17, 15) is 4.79 Å². The van der Waals surface area contributed by atoms with Gasteiger partial charge in [0, 0.05) is 18.7 Å². The third kappa shape index (κ3) is 1.92. The van der Waals surface area contributed by atoms with Crippen molar-refractivity contribution in [3.05, 3.63) is 23.8 Å². The van der Waals surface area contributed by atoms with Crippen LogP contribution in [-0.2, 0) is 0 Å². The van der Waals surface area contributed by atoms with Crippen molar-refractivity contribution in [2.24, 2.45) is 5.92 Å². The molecule has 1 aromatic rings. The first-order valence-corrected chi connectivity index (χ1v) is 6.33. The molecule has 1 aliphatic carbocycles. The molecule has 1 aromatic carbocycles. The molecule has 0 N–H and O–H groups in total. The summed E-state index contributed by atoms with van der Waals surface area (Å²) >= 11 is 0. The largest absolute Gasteiger partial charge is 0.454 e. The van der Waals surface area contributed by atoms with Crippen LogP contribution in [0.25, 0.3) is 0 Å². The highest BCUT2D eigenvalue weighted by molar-refractivity contribution is 5.95. The van der Waals surface area contributed by atoms with Gasteiger partial charge >= 0.3 is 0 Å². The van der Waals surface area contributed by atoms with Crippen LogP contribution in [0.4, 0.5) is 0 Å². The van der Waals surface area contributed by atoms with Crippen LogP contribution in [0.5, 0.6) is 11.5 Å². The van der Waals surface area contributed by atoms with E-state index in [4.69, 9.17) is 9.47 Å². The summed E-state index contributed by atoms with van der Waals surface area (Å²) in [4.78, 5) is 14.2. The van der Waals surface area contributed by atoms with Gasteiger partial charge < -0.3 is 14.4 Å². The zero-order chi connectivity index (χ0) is 12.7. The molecule has 3 rings (SSSR count). The van der Waals surface area contributed by atoms with Crippen molar-refractivity contribution in [2.45, 2.75) is 25.8 Å². The summed E-state index contributed by atoms with van der Waals surface area (Å²) in [7, 11) is 1.87. The van der Waals surface area contributed by atoms with Crippen LogP contribution < -0.4 is 9.47 Å². The molecule has 18 heavy (non-hydrogen) atoms. The Morgan fingerprint density at radius 3 is 2.78 bits per heavy atom. The predicted octanol–water partition coefficient (Wildman–Crippen LogP) is 2.29. The van der Waals surface area contributed by atoms with E-state index in [0.717, 1.165) is 0 Å². The van der Waals surface area contributed by atoms with Crippen LogP contribution in [0.15, 0.2) is 18.2 Å². The fourth-order valence-corrected chi connectivity index (χ4v) is 2.31. The number of carbonyl (C=O) groups excluding carboxylic acids is 1. The van der Waals surface area contributed by atoms with Crippen LogP contribution in [0, 0.1) is 5.92 Å². The minimum absolute atomic E-state index is 0.0488. The van der Waals surface area contributed by atoms with E-state index in [0.29, 0.717) is 29.0 Å². The molecular weight excluding hydrogens is 230 g/mol. The molecule has 0 bridgehead atoms. The summed E-state index contributed by atoms with van der Waals surface area (Å²) in [5, 5.41) is 0. The van der Waals surface area contributed by atoms with Gasteiger partial charge in [0.1, 0.15) is 0 Å². The van der Waals surface area contributed by atoms with Gasteiger partial charge in [0.25, 0.3) is 5.91 Å². The van der Waals surface area contributed by atoms with Crippen molar-refractivity contribution >= 4 is 5.91 Å². The van der Waals surface area contributed by atoms with Crippen LogP contribution in [0.3, 0.4) is 0 Å². The second-order valence-electron chi connectivity index (χ2n) is 5.06. The first-order valence-electron chi connectivity index (χ1n) is 6.33. The molecule has 4 heteroatoms. The maximum absolute atomic E-state index is 12.3. The Labute approximate surface area is 106 Å². The lowest BCUT2D eigenvalue weighted by Gasteiger charge is -2.25. The van der Waals surface area contributed by atoms with Crippen LogP contribution in [0.2, 0.25) is 0 Å². The number of fused-ring (bicyclic) bond motifs is 1. The predicted molar refractivity (Wildman–Crippen MR) is 66.8 cm³/mol. The van der Waals surface area contributed by atoms with Gasteiger partial charge in [-0.3, -0.25) is 4.79 Å². The molecule has 1 aliphatic heterocycles. The quantitative estimate of drug-likeness (QED) is 0.822. The van der Waals surface area contributed by atoms with E-state index in [1.54, 1.807) is 18.2 Å². The van der Waals surface area contributed by atoms with Gasteiger partial charge in [0.05, 0.1) is 0 Å². The summed E-state index contributed by atoms with van der Waals surface area (Å²) in [6.45, 7) is 2.35. The van der Waals surface area contributed by atoms with E-state index in [1.807, 2.05) is 11.9 Å². The van der Waals surface area contributed by atoms with Gasteiger partial charge in [-0.05, 0) is 43.9 Å². The summed E-state index contributed by atoms with van der Waals surface area (Å²) in [5.74, 6) is 2.10. The summed E-state index contributed by atoms with van der Waals surface area (Å²) in [6, 6.07) is 5.67. The molecule has 1 fully saturated rings. The number of nitrogens with zero attached hydrogens (tertiary/aromatic N) is 1. The normalized spacial score (nSPS) is 18.6. The Balaban J connectivity index is 1.79. The highest BCUT2D eigenvalue weighted by atomic mass is 16.7. The second kappa shape index (κ2) is 4.19. The van der Waals surface area contributed by atoms with Crippen molar-refractivity contribution in [3.8, 4) is 11.5 Å². The van der Waals surface area contributed by atoms with Crippen LogP contribution >= 0.6 is 0 Å². The first kappa shape index (κ1) is 11.4. The number of carbonyl (C=O) groups is 1. The molecule has 0 spiro atoms. The highest BCUT2D eigenvalue weighted by Gasteiger charge is 2.33. The molecule has 1 heterocycles. The van der Waals surface area contributed by atoms with Gasteiger partial charge in [0.15, 0.2) is 11.5 Å². The van der Waals surface area contributed by atoms with Crippen molar-refractivity contribution < 1.29 is 14.3 Å². The lowest BCUT2D eigenvalue weighted by molar-refractivity contribution is 0.0727. The molecule has 1 saturated carbocycles. The molecule has 0 radical (unpaired) electrons. The van der Waals surface area contributed by atoms with Crippen molar-refractivity contribution in [1.82, 2.24) is 4.90 Å². The van der Waals surface area contributed by atoms with Crippen LogP contribution in [0.1, 0.15) is 30.1 Å². The number of hydrogen-bond donors (Lipinski definition) is 0. The Bertz CT molecular complexity index is 482. The zero-order valence-corrected chi connectivity index (χ0v) is 10.7. The minimum Gasteiger partial charge on any atom is -0.454 e.